The number of hydrogen-bond donors (Lipinski definition) is 0. The quantitative estimate of drug-likeness (QED) is 0.0251. The zero-order valence-corrected chi connectivity index (χ0v) is 75.7. The molecule has 0 aromatic heterocycles. The normalized spacial score (nSPS) is 10.6. The first-order valence-corrected chi connectivity index (χ1v) is 47.5. The van der Waals surface area contributed by atoms with Crippen LogP contribution in [0.25, 0.3) is 0 Å². The molecule has 110 heavy (non-hydrogen) atoms. The van der Waals surface area contributed by atoms with Crippen molar-refractivity contribution in [1.29, 1.82) is 0 Å². The van der Waals surface area contributed by atoms with E-state index in [0.29, 0.717) is 60.9 Å². The second-order valence-corrected chi connectivity index (χ2v) is 32.6. The summed E-state index contributed by atoms with van der Waals surface area (Å²) in [6.07, 6.45) is 94.0. The summed E-state index contributed by atoms with van der Waals surface area (Å²) in [5.74, 6) is -1.27. The van der Waals surface area contributed by atoms with Gasteiger partial charge in [-0.1, -0.05) is 485 Å². The van der Waals surface area contributed by atoms with Gasteiger partial charge in [-0.3, -0.25) is 0 Å². The van der Waals surface area contributed by atoms with Crippen LogP contribution in [0.1, 0.15) is 519 Å². The topological polar surface area (TPSA) is 132 Å². The molecule has 10 nitrogen and oxygen atoms in total. The summed E-state index contributed by atoms with van der Waals surface area (Å²) < 4.78 is 25.4. The zero-order valence-electron chi connectivity index (χ0n) is 75.7. The summed E-state index contributed by atoms with van der Waals surface area (Å²) in [5, 5.41) is 0. The summed E-state index contributed by atoms with van der Waals surface area (Å²) in [5.41, 5.74) is 2.46. The van der Waals surface area contributed by atoms with E-state index in [1.807, 2.05) is 0 Å². The second kappa shape index (κ2) is 101. The molecule has 0 radical (unpaired) electrons. The Labute approximate surface area is 686 Å². The first-order chi connectivity index (χ1) is 53.4. The van der Waals surface area contributed by atoms with Gasteiger partial charge in [-0.15, -0.1) is 0 Å². The maximum Gasteiger partial charge on any atom is 0.333 e. The van der Waals surface area contributed by atoms with Gasteiger partial charge in [0.15, 0.2) is 0 Å². The van der Waals surface area contributed by atoms with Crippen LogP contribution >= 0.6 is 0 Å². The van der Waals surface area contributed by atoms with Gasteiger partial charge in [0.1, 0.15) is 0 Å². The third-order valence-corrected chi connectivity index (χ3v) is 20.4. The van der Waals surface area contributed by atoms with Crippen molar-refractivity contribution >= 4 is 29.8 Å². The second-order valence-electron chi connectivity index (χ2n) is 32.6. The van der Waals surface area contributed by atoms with Gasteiger partial charge in [-0.25, -0.2) is 24.0 Å². The lowest BCUT2D eigenvalue weighted by atomic mass is 10.0. The molecule has 0 aliphatic rings. The van der Waals surface area contributed by atoms with Gasteiger partial charge >= 0.3 is 29.8 Å². The number of hydrogen-bond acceptors (Lipinski definition) is 10. The van der Waals surface area contributed by atoms with Crippen LogP contribution in [0.2, 0.25) is 0 Å². The summed E-state index contributed by atoms with van der Waals surface area (Å²) in [6.45, 7) is 40.4. The highest BCUT2D eigenvalue weighted by molar-refractivity contribution is 5.88. The third-order valence-electron chi connectivity index (χ3n) is 20.4. The molecule has 0 aromatic rings. The number of carbonyl (C=O) groups is 5. The number of esters is 5. The van der Waals surface area contributed by atoms with Gasteiger partial charge in [-0.05, 0) is 66.7 Å². The molecule has 650 valence electrons. The number of carbonyl (C=O) groups excluding carboxylic acids is 5. The van der Waals surface area contributed by atoms with Crippen molar-refractivity contribution in [1.82, 2.24) is 0 Å². The van der Waals surface area contributed by atoms with Crippen LogP contribution in [0.4, 0.5) is 0 Å². The molecule has 10 heteroatoms. The molecule has 0 spiro atoms. The molecule has 0 atom stereocenters. The van der Waals surface area contributed by atoms with Crippen molar-refractivity contribution in [3.63, 3.8) is 0 Å². The summed E-state index contributed by atoms with van der Waals surface area (Å²) in [6, 6.07) is 0. The average molecular weight is 1550 g/mol. The van der Waals surface area contributed by atoms with Crippen LogP contribution < -0.4 is 0 Å². The first-order valence-electron chi connectivity index (χ1n) is 47.5. The lowest BCUT2D eigenvalue weighted by Gasteiger charge is -2.05. The Hall–Kier alpha value is -3.95. The summed E-state index contributed by atoms with van der Waals surface area (Å²) >= 11 is 0. The van der Waals surface area contributed by atoms with Crippen LogP contribution in [-0.4, -0.2) is 62.9 Å². The molecule has 0 N–H and O–H groups in total. The highest BCUT2D eigenvalue weighted by atomic mass is 16.5. The van der Waals surface area contributed by atoms with Crippen molar-refractivity contribution < 1.29 is 47.7 Å². The van der Waals surface area contributed by atoms with Crippen LogP contribution in [0, 0.1) is 0 Å². The molecule has 0 fully saturated rings. The Morgan fingerprint density at radius 3 is 0.291 bits per heavy atom. The molecule has 0 bridgehead atoms. The standard InChI is InChI=1S/C22H42O2.C21H40O2.C20H38O2.C19H36O2.C18H34O2/c1-4-5-6-7-8-9-10-11-12-13-14-15-16-17-18-19-20-24-22(23)21(2)3;1-4-5-6-7-8-9-10-11-12-13-14-15-16-17-18-19-23-21(22)20(2)3;1-4-5-6-7-8-9-10-11-12-13-14-15-16-17-18-22-20(21)19(2)3;1-4-5-6-7-8-9-10-11-12-13-14-15-16-17-21-19(20)18(2)3;1-4-5-6-7-8-9-10-11-12-13-14-15-16-20-18(19)17(2)3/h2,4-20H2,1,3H3;2,4-19H2,1,3H3;2,4-18H2,1,3H3;2,4-17H2,1,3H3;2,4-16H2,1,3H3. The zero-order chi connectivity index (χ0) is 82.3. The van der Waals surface area contributed by atoms with E-state index in [4.69, 9.17) is 23.7 Å². The Bertz CT molecular complexity index is 2000. The van der Waals surface area contributed by atoms with E-state index in [9.17, 15) is 24.0 Å². The largest absolute Gasteiger partial charge is 0.462 e. The van der Waals surface area contributed by atoms with Gasteiger partial charge < -0.3 is 23.7 Å². The van der Waals surface area contributed by atoms with E-state index in [2.05, 4.69) is 67.5 Å². The number of ether oxygens (including phenoxy) is 5. The monoisotopic (exact) mass is 1550 g/mol. The molecular formula is C100H190O10. The van der Waals surface area contributed by atoms with Crippen molar-refractivity contribution in [2.24, 2.45) is 0 Å². The van der Waals surface area contributed by atoms with Crippen molar-refractivity contribution in [3.05, 3.63) is 60.8 Å². The van der Waals surface area contributed by atoms with E-state index in [1.54, 1.807) is 34.6 Å². The fraction of sp³-hybridized carbons (Fsp3) is 0.850. The van der Waals surface area contributed by atoms with Crippen molar-refractivity contribution in [3.8, 4) is 0 Å². The van der Waals surface area contributed by atoms with Gasteiger partial charge in [0.25, 0.3) is 0 Å². The summed E-state index contributed by atoms with van der Waals surface area (Å²) in [4.78, 5) is 55.8. The van der Waals surface area contributed by atoms with Crippen LogP contribution in [0.3, 0.4) is 0 Å². The predicted octanol–water partition coefficient (Wildman–Crippen LogP) is 32.9. The fourth-order valence-electron chi connectivity index (χ4n) is 12.9. The molecule has 0 saturated carbocycles. The lowest BCUT2D eigenvalue weighted by molar-refractivity contribution is -0.139. The Morgan fingerprint density at radius 1 is 0.145 bits per heavy atom. The number of rotatable bonds is 80. The highest BCUT2D eigenvalue weighted by Crippen LogP contribution is 2.19. The van der Waals surface area contributed by atoms with Crippen LogP contribution in [0.5, 0.6) is 0 Å². The minimum atomic E-state index is -0.256. The van der Waals surface area contributed by atoms with E-state index >= 15 is 0 Å². The van der Waals surface area contributed by atoms with Crippen LogP contribution in [0.15, 0.2) is 60.8 Å². The van der Waals surface area contributed by atoms with E-state index in [-0.39, 0.29) is 29.8 Å². The average Bonchev–Trinajstić information content (AvgIpc) is 1.18. The Kier molecular flexibility index (Phi) is 105. The minimum Gasteiger partial charge on any atom is -0.462 e. The minimum absolute atomic E-state index is 0.254. The molecule has 0 amide bonds. The van der Waals surface area contributed by atoms with Crippen molar-refractivity contribution in [2.45, 2.75) is 519 Å². The molecule has 0 aromatic carbocycles. The molecule has 0 rings (SSSR count). The molecular weight excluding hydrogens is 1360 g/mol. The molecule has 0 heterocycles. The highest BCUT2D eigenvalue weighted by Gasteiger charge is 2.08. The Balaban J connectivity index is -0.000000418. The van der Waals surface area contributed by atoms with Gasteiger partial charge in [0.05, 0.1) is 33.0 Å². The third kappa shape index (κ3) is 108. The maximum atomic E-state index is 11.2. The van der Waals surface area contributed by atoms with E-state index in [0.717, 1.165) is 32.1 Å². The van der Waals surface area contributed by atoms with Crippen LogP contribution in [-0.2, 0) is 47.7 Å². The first kappa shape index (κ1) is 115. The van der Waals surface area contributed by atoms with E-state index in [1.165, 1.54) is 417 Å². The predicted molar refractivity (Wildman–Crippen MR) is 480 cm³/mol. The van der Waals surface area contributed by atoms with Gasteiger partial charge in [0, 0.05) is 27.9 Å². The SMILES string of the molecule is C=C(C)C(=O)OCCCCCCCCCCCCCC.C=C(C)C(=O)OCCCCCCCCCCCCCCC.C=C(C)C(=O)OCCCCCCCCCCCCCCCC.C=C(C)C(=O)OCCCCCCCCCCCCCCCCC.C=C(C)C(=O)OCCCCCCCCCCCCCCCCCC. The van der Waals surface area contributed by atoms with Gasteiger partial charge in [0.2, 0.25) is 0 Å². The van der Waals surface area contributed by atoms with Crippen molar-refractivity contribution in [2.75, 3.05) is 33.0 Å². The molecule has 0 aliphatic heterocycles. The molecule has 0 aliphatic carbocycles. The molecule has 0 unspecified atom stereocenters. The number of unbranched alkanes of at least 4 members (excludes halogenated alkanes) is 65. The maximum absolute atomic E-state index is 11.2. The lowest BCUT2D eigenvalue weighted by Crippen LogP contribution is -2.05. The smallest absolute Gasteiger partial charge is 0.333 e. The summed E-state index contributed by atoms with van der Waals surface area (Å²) in [7, 11) is 0. The fourth-order valence-corrected chi connectivity index (χ4v) is 12.9. The Morgan fingerprint density at radius 2 is 0.218 bits per heavy atom. The van der Waals surface area contributed by atoms with Gasteiger partial charge in [-0.2, -0.15) is 0 Å². The molecule has 0 saturated heterocycles. The van der Waals surface area contributed by atoms with E-state index < -0.39 is 0 Å².